The molecule has 3 aromatic carbocycles. The highest BCUT2D eigenvalue weighted by Gasteiger charge is 2.27. The fourth-order valence-electron chi connectivity index (χ4n) is 5.65. The van der Waals surface area contributed by atoms with E-state index in [-0.39, 0.29) is 23.3 Å². The van der Waals surface area contributed by atoms with Crippen LogP contribution in [0.5, 0.6) is 0 Å². The third-order valence-electron chi connectivity index (χ3n) is 7.93. The van der Waals surface area contributed by atoms with Crippen molar-refractivity contribution < 1.29 is 9.18 Å². The standard InChI is InChI=1S/C33H37FN4O2/c1-4-29(24-10-6-5-7-11-24)35-32(39)31-27-12-8-9-13-28(27)33(40)38(26-16-14-25(34)15-17-26)30(31)22-36-18-20-37(21-19-36)23(2)3/h5-17,23,29H,4,18-22H2,1-3H3,(H,35,39)/t29-/m0/s1. The first-order valence-electron chi connectivity index (χ1n) is 14.1. The van der Waals surface area contributed by atoms with Crippen molar-refractivity contribution in [3.05, 3.63) is 112 Å². The molecule has 0 spiro atoms. The largest absolute Gasteiger partial charge is 0.345 e. The average molecular weight is 541 g/mol. The maximum absolute atomic E-state index is 14.2. The van der Waals surface area contributed by atoms with Crippen LogP contribution in [0, 0.1) is 5.82 Å². The average Bonchev–Trinajstić information content (AvgIpc) is 2.97. The number of carbonyl (C=O) groups is 1. The predicted octanol–water partition coefficient (Wildman–Crippen LogP) is 5.54. The molecule has 1 aliphatic heterocycles. The number of hydrogen-bond donors (Lipinski definition) is 1. The van der Waals surface area contributed by atoms with Gasteiger partial charge in [0.2, 0.25) is 0 Å². The van der Waals surface area contributed by atoms with Crippen molar-refractivity contribution in [2.45, 2.75) is 45.8 Å². The molecule has 4 aromatic rings. The van der Waals surface area contributed by atoms with Gasteiger partial charge in [0.25, 0.3) is 11.5 Å². The van der Waals surface area contributed by atoms with Gasteiger partial charge >= 0.3 is 0 Å². The summed E-state index contributed by atoms with van der Waals surface area (Å²) in [4.78, 5) is 33.0. The summed E-state index contributed by atoms with van der Waals surface area (Å²) in [7, 11) is 0. The maximum atomic E-state index is 14.2. The summed E-state index contributed by atoms with van der Waals surface area (Å²) in [5.41, 5.74) is 2.46. The van der Waals surface area contributed by atoms with Gasteiger partial charge in [-0.05, 0) is 56.2 Å². The van der Waals surface area contributed by atoms with Gasteiger partial charge in [0.05, 0.1) is 17.3 Å². The number of piperazine rings is 1. The Morgan fingerprint density at radius 1 is 0.875 bits per heavy atom. The minimum absolute atomic E-state index is 0.180. The Morgan fingerprint density at radius 2 is 1.50 bits per heavy atom. The van der Waals surface area contributed by atoms with Gasteiger partial charge in [0, 0.05) is 55.2 Å². The van der Waals surface area contributed by atoms with Crippen molar-refractivity contribution >= 4 is 16.7 Å². The second-order valence-corrected chi connectivity index (χ2v) is 10.7. The summed E-state index contributed by atoms with van der Waals surface area (Å²) in [5, 5.41) is 4.34. The van der Waals surface area contributed by atoms with E-state index < -0.39 is 0 Å². The maximum Gasteiger partial charge on any atom is 0.263 e. The molecule has 0 radical (unpaired) electrons. The number of nitrogens with zero attached hydrogens (tertiary/aromatic N) is 3. The molecule has 6 nitrogen and oxygen atoms in total. The molecule has 1 amide bonds. The van der Waals surface area contributed by atoms with Gasteiger partial charge in [-0.3, -0.25) is 24.0 Å². The van der Waals surface area contributed by atoms with Crippen molar-refractivity contribution in [1.29, 1.82) is 0 Å². The molecule has 2 heterocycles. The van der Waals surface area contributed by atoms with Gasteiger partial charge < -0.3 is 5.32 Å². The highest BCUT2D eigenvalue weighted by molar-refractivity contribution is 6.08. The molecule has 0 saturated carbocycles. The molecule has 0 unspecified atom stereocenters. The predicted molar refractivity (Wildman–Crippen MR) is 158 cm³/mol. The van der Waals surface area contributed by atoms with Crippen LogP contribution in [0.15, 0.2) is 83.7 Å². The van der Waals surface area contributed by atoms with Crippen molar-refractivity contribution in [2.24, 2.45) is 0 Å². The quantitative estimate of drug-likeness (QED) is 0.319. The number of nitrogens with one attached hydrogen (secondary N) is 1. The van der Waals surface area contributed by atoms with Crippen molar-refractivity contribution in [1.82, 2.24) is 19.7 Å². The number of hydrogen-bond acceptors (Lipinski definition) is 4. The number of benzene rings is 3. The van der Waals surface area contributed by atoms with Crippen molar-refractivity contribution in [3.63, 3.8) is 0 Å². The van der Waals surface area contributed by atoms with Crippen molar-refractivity contribution in [2.75, 3.05) is 26.2 Å². The molecule has 40 heavy (non-hydrogen) atoms. The van der Waals surface area contributed by atoms with E-state index in [4.69, 9.17) is 0 Å². The monoisotopic (exact) mass is 540 g/mol. The molecule has 208 valence electrons. The van der Waals surface area contributed by atoms with Gasteiger partial charge in [-0.1, -0.05) is 55.5 Å². The smallest absolute Gasteiger partial charge is 0.263 e. The van der Waals surface area contributed by atoms with E-state index in [0.717, 1.165) is 38.2 Å². The molecular formula is C33H37FN4O2. The number of aromatic nitrogens is 1. The number of fused-ring (bicyclic) bond motifs is 1. The van der Waals surface area contributed by atoms with Crippen LogP contribution < -0.4 is 10.9 Å². The fourth-order valence-corrected chi connectivity index (χ4v) is 5.65. The Morgan fingerprint density at radius 3 is 2.12 bits per heavy atom. The van der Waals surface area contributed by atoms with E-state index in [0.29, 0.717) is 40.3 Å². The van der Waals surface area contributed by atoms with Crippen LogP contribution in [0.1, 0.15) is 54.8 Å². The third kappa shape index (κ3) is 5.71. The second kappa shape index (κ2) is 12.1. The molecule has 1 aromatic heterocycles. The van der Waals surface area contributed by atoms with Crippen LogP contribution in [-0.4, -0.2) is 52.5 Å². The Hall–Kier alpha value is -3.81. The zero-order valence-corrected chi connectivity index (χ0v) is 23.4. The molecular weight excluding hydrogens is 503 g/mol. The zero-order valence-electron chi connectivity index (χ0n) is 23.4. The second-order valence-electron chi connectivity index (χ2n) is 10.7. The lowest BCUT2D eigenvalue weighted by atomic mass is 9.99. The summed E-state index contributed by atoms with van der Waals surface area (Å²) in [6.45, 7) is 10.4. The highest BCUT2D eigenvalue weighted by Crippen LogP contribution is 2.26. The van der Waals surface area contributed by atoms with E-state index >= 15 is 0 Å². The molecule has 1 saturated heterocycles. The zero-order chi connectivity index (χ0) is 28.2. The van der Waals surface area contributed by atoms with Crippen molar-refractivity contribution in [3.8, 4) is 5.69 Å². The Balaban J connectivity index is 1.66. The van der Waals surface area contributed by atoms with E-state index in [9.17, 15) is 14.0 Å². The number of amides is 1. The fraction of sp³-hybridized carbons (Fsp3) is 0.333. The molecule has 1 fully saturated rings. The van der Waals surface area contributed by atoms with E-state index in [1.54, 1.807) is 22.8 Å². The van der Waals surface area contributed by atoms with E-state index in [2.05, 4.69) is 29.0 Å². The SMILES string of the molecule is CC[C@H](NC(=O)c1c(CN2CCN(C(C)C)CC2)n(-c2ccc(F)cc2)c(=O)c2ccccc12)c1ccccc1. The highest BCUT2D eigenvalue weighted by atomic mass is 19.1. The number of rotatable bonds is 8. The summed E-state index contributed by atoms with van der Waals surface area (Å²) in [6.07, 6.45) is 0.720. The lowest BCUT2D eigenvalue weighted by Crippen LogP contribution is -2.49. The third-order valence-corrected chi connectivity index (χ3v) is 7.93. The minimum atomic E-state index is -0.379. The molecule has 0 bridgehead atoms. The lowest BCUT2D eigenvalue weighted by molar-refractivity contribution is 0.0923. The summed E-state index contributed by atoms with van der Waals surface area (Å²) < 4.78 is 15.5. The molecule has 0 aliphatic carbocycles. The van der Waals surface area contributed by atoms with Crippen LogP contribution in [0.4, 0.5) is 4.39 Å². The van der Waals surface area contributed by atoms with E-state index in [1.165, 1.54) is 12.1 Å². The molecule has 1 N–H and O–H groups in total. The van der Waals surface area contributed by atoms with Gasteiger partial charge in [0.1, 0.15) is 5.82 Å². The van der Waals surface area contributed by atoms with Crippen LogP contribution in [-0.2, 0) is 6.54 Å². The summed E-state index contributed by atoms with van der Waals surface area (Å²) >= 11 is 0. The molecule has 5 rings (SSSR count). The van der Waals surface area contributed by atoms with Crippen LogP contribution >= 0.6 is 0 Å². The Bertz CT molecular complexity index is 1520. The van der Waals surface area contributed by atoms with Gasteiger partial charge in [-0.2, -0.15) is 0 Å². The summed E-state index contributed by atoms with van der Waals surface area (Å²) in [5.74, 6) is -0.603. The molecule has 1 atom stereocenters. The van der Waals surface area contributed by atoms with E-state index in [1.807, 2.05) is 55.5 Å². The van der Waals surface area contributed by atoms with Gasteiger partial charge in [-0.15, -0.1) is 0 Å². The number of pyridine rings is 1. The summed E-state index contributed by atoms with van der Waals surface area (Å²) in [6, 6.07) is 23.4. The topological polar surface area (TPSA) is 57.6 Å². The molecule has 7 heteroatoms. The number of carbonyl (C=O) groups excluding carboxylic acids is 1. The van der Waals surface area contributed by atoms with Crippen LogP contribution in [0.25, 0.3) is 16.5 Å². The first-order chi connectivity index (χ1) is 19.4. The van der Waals surface area contributed by atoms with Gasteiger partial charge in [-0.25, -0.2) is 4.39 Å². The number of halogens is 1. The van der Waals surface area contributed by atoms with Gasteiger partial charge in [0.15, 0.2) is 0 Å². The molecule has 1 aliphatic rings. The van der Waals surface area contributed by atoms with Crippen LogP contribution in [0.2, 0.25) is 0 Å². The minimum Gasteiger partial charge on any atom is -0.345 e. The normalized spacial score (nSPS) is 15.4. The Labute approximate surface area is 235 Å². The van der Waals surface area contributed by atoms with Crippen LogP contribution in [0.3, 0.4) is 0 Å². The lowest BCUT2D eigenvalue weighted by Gasteiger charge is -2.37. The first kappa shape index (κ1) is 27.7. The Kier molecular flexibility index (Phi) is 8.43. The first-order valence-corrected chi connectivity index (χ1v) is 14.1.